The quantitative estimate of drug-likeness (QED) is 0.216. The molecular weight excluding hydrogens is 618 g/mol. The van der Waals surface area contributed by atoms with Crippen molar-refractivity contribution in [3.8, 4) is 11.5 Å². The van der Waals surface area contributed by atoms with Crippen LogP contribution in [0.3, 0.4) is 0 Å². The van der Waals surface area contributed by atoms with E-state index < -0.39 is 11.7 Å². The third kappa shape index (κ3) is 6.82. The van der Waals surface area contributed by atoms with Crippen molar-refractivity contribution < 1.29 is 18.7 Å². The summed E-state index contributed by atoms with van der Waals surface area (Å²) in [7, 11) is 0. The van der Waals surface area contributed by atoms with Crippen LogP contribution in [0, 0.1) is 5.82 Å². The monoisotopic (exact) mass is 638 g/mol. The molecular formula is C27H22Cl3FN4O3S2. The zero-order valence-electron chi connectivity index (χ0n) is 20.7. The Hall–Kier alpha value is -3.02. The topological polar surface area (TPSA) is 83.6 Å². The smallest absolute Gasteiger partial charge is 0.264 e. The van der Waals surface area contributed by atoms with Crippen LogP contribution in [0.2, 0.25) is 10.0 Å². The van der Waals surface area contributed by atoms with Gasteiger partial charge in [-0.15, -0.1) is 23.7 Å². The number of rotatable bonds is 6. The van der Waals surface area contributed by atoms with Crippen LogP contribution < -0.4 is 15.4 Å². The third-order valence-corrected chi connectivity index (χ3v) is 8.08. The number of ether oxygens (including phenoxy) is 1. The Bertz CT molecular complexity index is 1570. The van der Waals surface area contributed by atoms with Gasteiger partial charge in [0.05, 0.1) is 21.5 Å². The first-order chi connectivity index (χ1) is 18.8. The Morgan fingerprint density at radius 1 is 1.07 bits per heavy atom. The molecule has 2 amide bonds. The molecule has 2 N–H and O–H groups in total. The van der Waals surface area contributed by atoms with Crippen LogP contribution in [-0.4, -0.2) is 39.9 Å². The van der Waals surface area contributed by atoms with Crippen molar-refractivity contribution >= 4 is 92.0 Å². The molecule has 4 aromatic rings. The van der Waals surface area contributed by atoms with Gasteiger partial charge >= 0.3 is 0 Å². The molecule has 7 nitrogen and oxygen atoms in total. The lowest BCUT2D eigenvalue weighted by atomic mass is 10.1. The van der Waals surface area contributed by atoms with E-state index >= 15 is 0 Å². The van der Waals surface area contributed by atoms with Gasteiger partial charge in [-0.2, -0.15) is 0 Å². The predicted octanol–water partition coefficient (Wildman–Crippen LogP) is 7.25. The molecule has 0 radical (unpaired) electrons. The molecule has 0 aliphatic carbocycles. The van der Waals surface area contributed by atoms with Crippen molar-refractivity contribution in [3.05, 3.63) is 81.0 Å². The number of nitrogens with one attached hydrogen (secondary N) is 2. The highest BCUT2D eigenvalue weighted by Gasteiger charge is 2.23. The molecule has 1 aliphatic heterocycles. The molecule has 1 saturated heterocycles. The van der Waals surface area contributed by atoms with Gasteiger partial charge in [0.2, 0.25) is 5.91 Å². The summed E-state index contributed by atoms with van der Waals surface area (Å²) in [4.78, 5) is 31.9. The molecule has 1 aliphatic rings. The van der Waals surface area contributed by atoms with Gasteiger partial charge in [0.25, 0.3) is 5.91 Å². The highest BCUT2D eigenvalue weighted by atomic mass is 35.5. The molecule has 208 valence electrons. The van der Waals surface area contributed by atoms with Crippen LogP contribution in [0.4, 0.5) is 10.1 Å². The fraction of sp³-hybridized carbons (Fsp3) is 0.185. The lowest BCUT2D eigenvalue weighted by Gasteiger charge is -2.13. The number of nitrogens with zero attached hydrogens (tertiary/aromatic N) is 2. The number of anilines is 1. The summed E-state index contributed by atoms with van der Waals surface area (Å²) in [6.45, 7) is 1.50. The average molecular weight is 640 g/mol. The maximum atomic E-state index is 15.0. The van der Waals surface area contributed by atoms with Gasteiger partial charge in [0.1, 0.15) is 5.75 Å². The molecule has 5 rings (SSSR count). The second-order valence-corrected chi connectivity index (χ2v) is 11.0. The first kappa shape index (κ1) is 30.0. The lowest BCUT2D eigenvalue weighted by molar-refractivity contribution is -0.119. The van der Waals surface area contributed by atoms with Crippen LogP contribution in [0.5, 0.6) is 11.5 Å². The maximum Gasteiger partial charge on any atom is 0.264 e. The Morgan fingerprint density at radius 2 is 1.80 bits per heavy atom. The minimum absolute atomic E-state index is 0. The summed E-state index contributed by atoms with van der Waals surface area (Å²) in [5.74, 6) is -0.723. The standard InChI is InChI=1S/C27H21Cl2FN4O3S2.ClH/c28-17-4-3-5-18(29)16(17)13-24(35)33-27(38)32-15-6-7-21(19(30)12-15)37-22-8-9-31-20-14-23(39-25(20)22)26(36)34-10-1-2-11-34;/h3-9,12,14H,1-2,10-11,13H2,(H2,32,33,35,38);1H. The second kappa shape index (κ2) is 13.1. The molecule has 0 spiro atoms. The molecule has 40 heavy (non-hydrogen) atoms. The van der Waals surface area contributed by atoms with Gasteiger partial charge in [-0.3, -0.25) is 14.6 Å². The van der Waals surface area contributed by atoms with E-state index in [1.165, 1.54) is 23.5 Å². The molecule has 0 saturated carbocycles. The van der Waals surface area contributed by atoms with E-state index in [1.807, 2.05) is 4.90 Å². The number of likely N-dealkylation sites (tertiary alicyclic amines) is 1. The van der Waals surface area contributed by atoms with Gasteiger partial charge in [0, 0.05) is 47.2 Å². The van der Waals surface area contributed by atoms with Crippen molar-refractivity contribution in [3.63, 3.8) is 0 Å². The van der Waals surface area contributed by atoms with Crippen LogP contribution in [-0.2, 0) is 11.2 Å². The number of benzene rings is 2. The summed E-state index contributed by atoms with van der Waals surface area (Å²) >= 11 is 18.7. The van der Waals surface area contributed by atoms with Crippen LogP contribution in [0.1, 0.15) is 28.1 Å². The number of halogens is 4. The first-order valence-corrected chi connectivity index (χ1v) is 14.0. The van der Waals surface area contributed by atoms with Gasteiger partial charge < -0.3 is 20.3 Å². The number of amides is 2. The van der Waals surface area contributed by atoms with E-state index in [2.05, 4.69) is 15.6 Å². The zero-order valence-corrected chi connectivity index (χ0v) is 24.7. The summed E-state index contributed by atoms with van der Waals surface area (Å²) in [6.07, 6.45) is 3.49. The number of hydrogen-bond acceptors (Lipinski definition) is 6. The van der Waals surface area contributed by atoms with Crippen molar-refractivity contribution in [2.75, 3.05) is 18.4 Å². The largest absolute Gasteiger partial charge is 0.453 e. The van der Waals surface area contributed by atoms with Gasteiger partial charge in [-0.05, 0) is 61.0 Å². The number of thiophene rings is 1. The van der Waals surface area contributed by atoms with Crippen LogP contribution in [0.15, 0.2) is 54.7 Å². The van der Waals surface area contributed by atoms with E-state index in [0.29, 0.717) is 42.1 Å². The Morgan fingerprint density at radius 3 is 2.50 bits per heavy atom. The van der Waals surface area contributed by atoms with Crippen molar-refractivity contribution in [2.45, 2.75) is 19.3 Å². The summed E-state index contributed by atoms with van der Waals surface area (Å²) in [5, 5.41) is 6.04. The minimum Gasteiger partial charge on any atom is -0.453 e. The van der Waals surface area contributed by atoms with Gasteiger partial charge in [0.15, 0.2) is 16.7 Å². The average Bonchev–Trinajstić information content (AvgIpc) is 3.58. The number of thiocarbonyl (C=S) groups is 1. The number of carbonyl (C=O) groups excluding carboxylic acids is 2. The number of pyridine rings is 1. The Labute approximate surface area is 255 Å². The minimum atomic E-state index is -0.646. The first-order valence-electron chi connectivity index (χ1n) is 12.0. The fourth-order valence-electron chi connectivity index (χ4n) is 4.15. The number of fused-ring (bicyclic) bond motifs is 1. The van der Waals surface area contributed by atoms with Crippen molar-refractivity contribution in [1.29, 1.82) is 0 Å². The summed E-state index contributed by atoms with van der Waals surface area (Å²) in [5.41, 5.74) is 1.41. The van der Waals surface area contributed by atoms with Gasteiger partial charge in [-0.1, -0.05) is 29.3 Å². The molecule has 0 atom stereocenters. The number of aromatic nitrogens is 1. The molecule has 2 aromatic carbocycles. The molecule has 13 heteroatoms. The van der Waals surface area contributed by atoms with E-state index in [1.54, 1.807) is 42.6 Å². The lowest BCUT2D eigenvalue weighted by Crippen LogP contribution is -2.35. The Kier molecular flexibility index (Phi) is 9.81. The number of carbonyl (C=O) groups is 2. The van der Waals surface area contributed by atoms with E-state index in [4.69, 9.17) is 40.2 Å². The fourth-order valence-corrected chi connectivity index (χ4v) is 5.95. The summed E-state index contributed by atoms with van der Waals surface area (Å²) in [6, 6.07) is 12.6. The predicted molar refractivity (Wildman–Crippen MR) is 163 cm³/mol. The SMILES string of the molecule is Cl.O=C(Cc1c(Cl)cccc1Cl)NC(=S)Nc1ccc(Oc2ccnc3cc(C(=O)N4CCCC4)sc23)c(F)c1. The molecule has 2 aromatic heterocycles. The third-order valence-electron chi connectivity index (χ3n) is 6.04. The molecule has 0 unspecified atom stereocenters. The van der Waals surface area contributed by atoms with Crippen LogP contribution in [0.25, 0.3) is 10.2 Å². The van der Waals surface area contributed by atoms with E-state index in [9.17, 15) is 14.0 Å². The van der Waals surface area contributed by atoms with E-state index in [0.717, 1.165) is 25.9 Å². The molecule has 3 heterocycles. The Balaban J connectivity index is 0.00000370. The maximum absolute atomic E-state index is 15.0. The number of hydrogen-bond donors (Lipinski definition) is 2. The second-order valence-electron chi connectivity index (χ2n) is 8.76. The zero-order chi connectivity index (χ0) is 27.5. The molecule has 1 fully saturated rings. The van der Waals surface area contributed by atoms with E-state index in [-0.39, 0.29) is 35.6 Å². The van der Waals surface area contributed by atoms with Crippen molar-refractivity contribution in [1.82, 2.24) is 15.2 Å². The normalized spacial score (nSPS) is 12.6. The van der Waals surface area contributed by atoms with Gasteiger partial charge in [-0.25, -0.2) is 4.39 Å². The van der Waals surface area contributed by atoms with Crippen LogP contribution >= 0.6 is 59.2 Å². The van der Waals surface area contributed by atoms with Crippen molar-refractivity contribution in [2.24, 2.45) is 0 Å². The summed E-state index contributed by atoms with van der Waals surface area (Å²) < 4.78 is 21.5. The highest BCUT2D eigenvalue weighted by Crippen LogP contribution is 2.37. The highest BCUT2D eigenvalue weighted by molar-refractivity contribution is 7.80. The molecule has 0 bridgehead atoms.